The van der Waals surface area contributed by atoms with Gasteiger partial charge in [-0.2, -0.15) is 0 Å². The molecule has 2 amide bonds. The second-order valence-corrected chi connectivity index (χ2v) is 9.75. The van der Waals surface area contributed by atoms with Crippen molar-refractivity contribution in [2.75, 3.05) is 31.5 Å². The number of hydrogen-bond donors (Lipinski definition) is 2. The first kappa shape index (κ1) is 24.3. The molecule has 8 heteroatoms. The molecule has 0 aromatic carbocycles. The Hall–Kier alpha value is -2.84. The summed E-state index contributed by atoms with van der Waals surface area (Å²) >= 11 is 1.67. The first-order valence-electron chi connectivity index (χ1n) is 12.2. The molecule has 1 spiro atoms. The summed E-state index contributed by atoms with van der Waals surface area (Å²) in [6, 6.07) is 2.05. The maximum absolute atomic E-state index is 12.7. The summed E-state index contributed by atoms with van der Waals surface area (Å²) < 4.78 is 0. The minimum atomic E-state index is -0.339. The Labute approximate surface area is 205 Å². The summed E-state index contributed by atoms with van der Waals surface area (Å²) in [4.78, 5) is 36.0. The minimum Gasteiger partial charge on any atom is -0.335 e. The van der Waals surface area contributed by atoms with Gasteiger partial charge in [0.05, 0.1) is 10.4 Å². The van der Waals surface area contributed by atoms with Crippen molar-refractivity contribution in [3.63, 3.8) is 0 Å². The fourth-order valence-electron chi connectivity index (χ4n) is 4.74. The van der Waals surface area contributed by atoms with Gasteiger partial charge < -0.3 is 15.5 Å². The van der Waals surface area contributed by atoms with Gasteiger partial charge in [0.2, 0.25) is 11.8 Å². The molecule has 2 aromatic rings. The van der Waals surface area contributed by atoms with E-state index >= 15 is 0 Å². The molecule has 7 nitrogen and oxygen atoms in total. The summed E-state index contributed by atoms with van der Waals surface area (Å²) in [6.45, 7) is 7.08. The van der Waals surface area contributed by atoms with Crippen molar-refractivity contribution in [1.82, 2.24) is 20.2 Å². The molecule has 2 aromatic heterocycles. The van der Waals surface area contributed by atoms with Gasteiger partial charge in [-0.1, -0.05) is 25.5 Å². The molecule has 3 aliphatic rings. The SMILES string of the molecule is CC.O=C(/C=C/c1cnc2c(c1)CC1(CCNCC1)C(=O)N2)N1CC=C(Cc2nccs2)CC1. The van der Waals surface area contributed by atoms with Gasteiger partial charge in [0.1, 0.15) is 5.82 Å². The second-order valence-electron chi connectivity index (χ2n) is 8.77. The predicted octanol–water partition coefficient (Wildman–Crippen LogP) is 3.84. The molecule has 34 heavy (non-hydrogen) atoms. The fourth-order valence-corrected chi connectivity index (χ4v) is 5.41. The molecule has 0 atom stereocenters. The molecular formula is C26H33N5O2S. The molecule has 1 fully saturated rings. The highest BCUT2D eigenvalue weighted by Crippen LogP contribution is 2.39. The van der Waals surface area contributed by atoms with Crippen LogP contribution in [-0.2, 0) is 22.4 Å². The lowest BCUT2D eigenvalue weighted by atomic mass is 9.71. The minimum absolute atomic E-state index is 0.00963. The van der Waals surface area contributed by atoms with Crippen LogP contribution in [0.2, 0.25) is 0 Å². The number of nitrogens with zero attached hydrogens (tertiary/aromatic N) is 3. The lowest BCUT2D eigenvalue weighted by Crippen LogP contribution is -2.48. The number of nitrogens with one attached hydrogen (secondary N) is 2. The standard InChI is InChI=1S/C24H27N5O2S.C2H6/c30-21(29-10-3-17(4-11-29)14-20-26-9-12-32-20)2-1-18-13-19-15-24(5-7-25-8-6-24)23(31)28-22(19)27-16-18;1-2/h1-3,9,12-13,16,25H,4-8,10-11,14-15H2,(H,27,28,31);1-2H3/b2-1+;. The van der Waals surface area contributed by atoms with Crippen LogP contribution in [0.5, 0.6) is 0 Å². The van der Waals surface area contributed by atoms with Crippen LogP contribution < -0.4 is 10.6 Å². The molecular weight excluding hydrogens is 446 g/mol. The van der Waals surface area contributed by atoms with E-state index in [0.29, 0.717) is 18.8 Å². The molecule has 0 radical (unpaired) electrons. The molecule has 5 rings (SSSR count). The summed E-state index contributed by atoms with van der Waals surface area (Å²) in [5.74, 6) is 0.747. The van der Waals surface area contributed by atoms with Crippen LogP contribution in [0, 0.1) is 5.41 Å². The van der Waals surface area contributed by atoms with Crippen LogP contribution in [0.4, 0.5) is 5.82 Å². The average Bonchev–Trinajstić information content (AvgIpc) is 3.39. The monoisotopic (exact) mass is 479 g/mol. The van der Waals surface area contributed by atoms with E-state index in [2.05, 4.69) is 32.7 Å². The van der Waals surface area contributed by atoms with E-state index in [1.54, 1.807) is 23.6 Å². The summed E-state index contributed by atoms with van der Waals surface area (Å²) in [6.07, 6.45) is 13.3. The largest absolute Gasteiger partial charge is 0.335 e. The predicted molar refractivity (Wildman–Crippen MR) is 137 cm³/mol. The summed E-state index contributed by atoms with van der Waals surface area (Å²) in [5.41, 5.74) is 2.94. The maximum atomic E-state index is 12.7. The van der Waals surface area contributed by atoms with Crippen molar-refractivity contribution in [3.05, 3.63) is 57.7 Å². The van der Waals surface area contributed by atoms with Crippen LogP contribution in [0.15, 0.2) is 41.6 Å². The molecule has 0 unspecified atom stereocenters. The van der Waals surface area contributed by atoms with Gasteiger partial charge in [-0.05, 0) is 62.0 Å². The number of hydrogen-bond acceptors (Lipinski definition) is 6. The van der Waals surface area contributed by atoms with Gasteiger partial charge in [0.15, 0.2) is 0 Å². The lowest BCUT2D eigenvalue weighted by Gasteiger charge is -2.39. The second kappa shape index (κ2) is 11.1. The Balaban J connectivity index is 0.00000133. The van der Waals surface area contributed by atoms with Crippen molar-refractivity contribution in [3.8, 4) is 0 Å². The summed E-state index contributed by atoms with van der Waals surface area (Å²) in [5, 5.41) is 9.45. The van der Waals surface area contributed by atoms with Crippen molar-refractivity contribution in [2.24, 2.45) is 5.41 Å². The van der Waals surface area contributed by atoms with Gasteiger partial charge in [-0.15, -0.1) is 11.3 Å². The van der Waals surface area contributed by atoms with E-state index in [9.17, 15) is 9.59 Å². The molecule has 2 N–H and O–H groups in total. The van der Waals surface area contributed by atoms with Crippen LogP contribution in [0.1, 0.15) is 49.2 Å². The number of pyridine rings is 1. The Morgan fingerprint density at radius 1 is 1.26 bits per heavy atom. The first-order valence-corrected chi connectivity index (χ1v) is 13.0. The van der Waals surface area contributed by atoms with Crippen LogP contribution in [0.25, 0.3) is 6.08 Å². The van der Waals surface area contributed by atoms with E-state index in [4.69, 9.17) is 0 Å². The lowest BCUT2D eigenvalue weighted by molar-refractivity contribution is -0.127. The van der Waals surface area contributed by atoms with Gasteiger partial charge in [-0.3, -0.25) is 9.59 Å². The smallest absolute Gasteiger partial charge is 0.246 e. The van der Waals surface area contributed by atoms with Crippen molar-refractivity contribution >= 4 is 35.0 Å². The fraction of sp³-hybridized carbons (Fsp3) is 0.462. The zero-order chi connectivity index (χ0) is 24.0. The number of anilines is 1. The van der Waals surface area contributed by atoms with E-state index in [1.165, 1.54) is 5.57 Å². The highest BCUT2D eigenvalue weighted by molar-refractivity contribution is 7.09. The Bertz CT molecular complexity index is 1070. The third-order valence-corrected chi connectivity index (χ3v) is 7.47. The number of amides is 2. The number of rotatable bonds is 4. The van der Waals surface area contributed by atoms with Gasteiger partial charge in [0, 0.05) is 43.4 Å². The molecule has 0 bridgehead atoms. The Kier molecular flexibility index (Phi) is 7.90. The van der Waals surface area contributed by atoms with Gasteiger partial charge in [0.25, 0.3) is 0 Å². The van der Waals surface area contributed by atoms with E-state index in [1.807, 2.05) is 36.4 Å². The number of fused-ring (bicyclic) bond motifs is 1. The van der Waals surface area contributed by atoms with Crippen molar-refractivity contribution < 1.29 is 9.59 Å². The number of thiazole rings is 1. The molecule has 3 aliphatic heterocycles. The third kappa shape index (κ3) is 5.45. The Morgan fingerprint density at radius 2 is 2.09 bits per heavy atom. The summed E-state index contributed by atoms with van der Waals surface area (Å²) in [7, 11) is 0. The van der Waals surface area contributed by atoms with Crippen molar-refractivity contribution in [1.29, 1.82) is 0 Å². The highest BCUT2D eigenvalue weighted by atomic mass is 32.1. The van der Waals surface area contributed by atoms with Crippen molar-refractivity contribution in [2.45, 2.75) is 46.0 Å². The number of piperidine rings is 1. The number of carbonyl (C=O) groups is 2. The average molecular weight is 480 g/mol. The quantitative estimate of drug-likeness (QED) is 0.514. The molecule has 1 saturated heterocycles. The Morgan fingerprint density at radius 3 is 2.79 bits per heavy atom. The first-order chi connectivity index (χ1) is 16.6. The molecule has 180 valence electrons. The topological polar surface area (TPSA) is 87.2 Å². The molecule has 0 saturated carbocycles. The van der Waals surface area contributed by atoms with E-state index < -0.39 is 0 Å². The van der Waals surface area contributed by atoms with Crippen LogP contribution in [0.3, 0.4) is 0 Å². The van der Waals surface area contributed by atoms with Gasteiger partial charge in [-0.25, -0.2) is 9.97 Å². The van der Waals surface area contributed by atoms with E-state index in [-0.39, 0.29) is 17.2 Å². The van der Waals surface area contributed by atoms with Gasteiger partial charge >= 0.3 is 0 Å². The van der Waals surface area contributed by atoms with Crippen LogP contribution >= 0.6 is 11.3 Å². The highest BCUT2D eigenvalue weighted by Gasteiger charge is 2.43. The zero-order valence-electron chi connectivity index (χ0n) is 20.0. The van der Waals surface area contributed by atoms with Crippen LogP contribution in [-0.4, -0.2) is 52.9 Å². The number of aromatic nitrogens is 2. The third-order valence-electron chi connectivity index (χ3n) is 6.69. The molecule has 0 aliphatic carbocycles. The maximum Gasteiger partial charge on any atom is 0.246 e. The normalized spacial score (nSPS) is 19.2. The number of carbonyl (C=O) groups excluding carboxylic acids is 2. The molecule has 5 heterocycles. The zero-order valence-corrected chi connectivity index (χ0v) is 20.8. The van der Waals surface area contributed by atoms with E-state index in [0.717, 1.165) is 61.5 Å².